The van der Waals surface area contributed by atoms with Crippen LogP contribution in [0.15, 0.2) is 0 Å². The number of rotatable bonds is 0. The van der Waals surface area contributed by atoms with E-state index in [2.05, 4.69) is 20.8 Å². The van der Waals surface area contributed by atoms with Crippen molar-refractivity contribution in [1.82, 2.24) is 0 Å². The van der Waals surface area contributed by atoms with Gasteiger partial charge in [0.05, 0.1) is 0 Å². The Bertz CT molecular complexity index is 178. The molecule has 0 aliphatic carbocycles. The molecule has 2 rings (SSSR count). The fourth-order valence-electron chi connectivity index (χ4n) is 3.13. The minimum absolute atomic E-state index is 0.748. The fourth-order valence-corrected chi connectivity index (χ4v) is 6.97. The van der Waals surface area contributed by atoms with E-state index in [0.29, 0.717) is 0 Å². The zero-order valence-electron chi connectivity index (χ0n) is 8.60. The minimum atomic E-state index is 0.748. The Hall–Kier alpha value is 0.350. The molecular formula is C11H21S+. The summed E-state index contributed by atoms with van der Waals surface area (Å²) >= 11 is 0. The normalized spacial score (nSPS) is 53.8. The Morgan fingerprint density at radius 2 is 2.00 bits per heavy atom. The van der Waals surface area contributed by atoms with Crippen molar-refractivity contribution < 1.29 is 0 Å². The average Bonchev–Trinajstić information content (AvgIpc) is 2.25. The molecule has 2 fully saturated rings. The summed E-state index contributed by atoms with van der Waals surface area (Å²) in [5.74, 6) is 2.54. The van der Waals surface area contributed by atoms with Crippen LogP contribution in [-0.4, -0.2) is 15.7 Å². The molecule has 12 heavy (non-hydrogen) atoms. The van der Waals surface area contributed by atoms with E-state index in [1.807, 2.05) is 0 Å². The van der Waals surface area contributed by atoms with Crippen molar-refractivity contribution in [3.63, 3.8) is 0 Å². The first-order chi connectivity index (χ1) is 5.64. The van der Waals surface area contributed by atoms with Crippen LogP contribution in [0.1, 0.15) is 46.5 Å². The lowest BCUT2D eigenvalue weighted by molar-refractivity contribution is 0.394. The van der Waals surface area contributed by atoms with Crippen LogP contribution in [0.25, 0.3) is 0 Å². The standard InChI is InChI=1S/C11H21S/c1-9-8-10(2)12-7-5-4-6-11(9,12)3/h9-10H,4-8H2,1-3H3/q+1/t9-,10-,11+,12?/m0/s1. The van der Waals surface area contributed by atoms with Crippen molar-refractivity contribution in [2.45, 2.75) is 56.5 Å². The van der Waals surface area contributed by atoms with E-state index in [0.717, 1.165) is 26.8 Å². The molecule has 2 saturated heterocycles. The van der Waals surface area contributed by atoms with Crippen LogP contribution in [0, 0.1) is 5.92 Å². The van der Waals surface area contributed by atoms with Crippen LogP contribution in [0.5, 0.6) is 0 Å². The second-order valence-electron chi connectivity index (χ2n) is 4.85. The van der Waals surface area contributed by atoms with Crippen LogP contribution in [0.4, 0.5) is 0 Å². The molecule has 1 unspecified atom stereocenters. The molecule has 1 heteroatoms. The Morgan fingerprint density at radius 3 is 2.67 bits per heavy atom. The van der Waals surface area contributed by atoms with Gasteiger partial charge >= 0.3 is 0 Å². The second-order valence-corrected chi connectivity index (χ2v) is 7.85. The summed E-state index contributed by atoms with van der Waals surface area (Å²) in [6.45, 7) is 7.52. The second kappa shape index (κ2) is 2.94. The summed E-state index contributed by atoms with van der Waals surface area (Å²) < 4.78 is 0.748. The van der Waals surface area contributed by atoms with E-state index in [4.69, 9.17) is 0 Å². The van der Waals surface area contributed by atoms with Gasteiger partial charge in [-0.25, -0.2) is 0 Å². The zero-order valence-corrected chi connectivity index (χ0v) is 9.41. The van der Waals surface area contributed by atoms with Crippen molar-refractivity contribution in [3.8, 4) is 0 Å². The summed E-state index contributed by atoms with van der Waals surface area (Å²) in [4.78, 5) is 0. The Morgan fingerprint density at radius 1 is 1.25 bits per heavy atom. The van der Waals surface area contributed by atoms with Crippen LogP contribution in [0.2, 0.25) is 0 Å². The quantitative estimate of drug-likeness (QED) is 0.509. The molecular weight excluding hydrogens is 164 g/mol. The molecule has 0 aromatic carbocycles. The lowest BCUT2D eigenvalue weighted by atomic mass is 9.87. The maximum absolute atomic E-state index is 2.56. The molecule has 70 valence electrons. The maximum Gasteiger partial charge on any atom is 0.128 e. The van der Waals surface area contributed by atoms with Gasteiger partial charge in [0.15, 0.2) is 0 Å². The molecule has 0 amide bonds. The van der Waals surface area contributed by atoms with Gasteiger partial charge in [0.2, 0.25) is 0 Å². The third-order valence-corrected chi connectivity index (χ3v) is 7.80. The van der Waals surface area contributed by atoms with Crippen molar-refractivity contribution in [1.29, 1.82) is 0 Å². The predicted molar refractivity (Wildman–Crippen MR) is 57.7 cm³/mol. The van der Waals surface area contributed by atoms with Crippen LogP contribution in [0.3, 0.4) is 0 Å². The Balaban J connectivity index is 2.21. The van der Waals surface area contributed by atoms with Gasteiger partial charge in [0.25, 0.3) is 0 Å². The first-order valence-electron chi connectivity index (χ1n) is 5.34. The topological polar surface area (TPSA) is 0 Å². The van der Waals surface area contributed by atoms with Crippen molar-refractivity contribution in [2.24, 2.45) is 5.92 Å². The van der Waals surface area contributed by atoms with Gasteiger partial charge < -0.3 is 0 Å². The zero-order chi connectivity index (χ0) is 8.77. The van der Waals surface area contributed by atoms with Gasteiger partial charge in [0, 0.05) is 12.3 Å². The van der Waals surface area contributed by atoms with E-state index in [-0.39, 0.29) is 0 Å². The lowest BCUT2D eigenvalue weighted by Gasteiger charge is -2.32. The number of fused-ring (bicyclic) bond motifs is 1. The SMILES string of the molecule is C[C@H]1C[C@H](C)[C@@]2(C)CCCC[S+]12. The molecule has 2 aliphatic rings. The first kappa shape index (κ1) is 8.93. The van der Waals surface area contributed by atoms with Gasteiger partial charge in [-0.05, 0) is 44.0 Å². The molecule has 0 nitrogen and oxygen atoms in total. The lowest BCUT2D eigenvalue weighted by Crippen LogP contribution is -2.42. The summed E-state index contributed by atoms with van der Waals surface area (Å²) in [5, 5.41) is 1.03. The monoisotopic (exact) mass is 185 g/mol. The molecule has 4 atom stereocenters. The first-order valence-corrected chi connectivity index (χ1v) is 6.80. The van der Waals surface area contributed by atoms with E-state index < -0.39 is 0 Å². The largest absolute Gasteiger partial charge is 0.128 e. The summed E-state index contributed by atoms with van der Waals surface area (Å²) in [5.41, 5.74) is 0. The highest BCUT2D eigenvalue weighted by atomic mass is 32.2. The highest BCUT2D eigenvalue weighted by Crippen LogP contribution is 2.48. The van der Waals surface area contributed by atoms with Gasteiger partial charge in [-0.15, -0.1) is 0 Å². The van der Waals surface area contributed by atoms with E-state index in [1.165, 1.54) is 25.7 Å². The van der Waals surface area contributed by atoms with Gasteiger partial charge in [-0.2, -0.15) is 0 Å². The van der Waals surface area contributed by atoms with E-state index >= 15 is 0 Å². The molecule has 0 saturated carbocycles. The molecule has 0 bridgehead atoms. The van der Waals surface area contributed by atoms with E-state index in [1.54, 1.807) is 5.75 Å². The highest BCUT2D eigenvalue weighted by molar-refractivity contribution is 7.99. The number of hydrogen-bond donors (Lipinski definition) is 0. The third-order valence-electron chi connectivity index (χ3n) is 4.10. The Labute approximate surface area is 79.5 Å². The van der Waals surface area contributed by atoms with Gasteiger partial charge in [-0.3, -0.25) is 0 Å². The van der Waals surface area contributed by atoms with E-state index in [9.17, 15) is 0 Å². The van der Waals surface area contributed by atoms with Gasteiger partial charge in [0.1, 0.15) is 15.7 Å². The molecule has 0 radical (unpaired) electrons. The molecule has 0 spiro atoms. The Kier molecular flexibility index (Phi) is 2.18. The van der Waals surface area contributed by atoms with Crippen molar-refractivity contribution in [3.05, 3.63) is 0 Å². The fraction of sp³-hybridized carbons (Fsp3) is 1.00. The maximum atomic E-state index is 2.56. The number of hydrogen-bond acceptors (Lipinski definition) is 0. The molecule has 2 aliphatic heterocycles. The summed E-state index contributed by atoms with van der Waals surface area (Å²) in [6.07, 6.45) is 6.02. The molecule has 0 aromatic rings. The van der Waals surface area contributed by atoms with Crippen LogP contribution >= 0.6 is 0 Å². The minimum Gasteiger partial charge on any atom is -0.0573 e. The van der Waals surface area contributed by atoms with Crippen LogP contribution in [-0.2, 0) is 10.9 Å². The summed E-state index contributed by atoms with van der Waals surface area (Å²) in [7, 11) is 0.774. The van der Waals surface area contributed by atoms with Gasteiger partial charge in [-0.1, -0.05) is 6.92 Å². The molecule has 0 N–H and O–H groups in total. The molecule has 2 heterocycles. The third kappa shape index (κ3) is 1.13. The van der Waals surface area contributed by atoms with Crippen LogP contribution < -0.4 is 0 Å². The highest BCUT2D eigenvalue weighted by Gasteiger charge is 2.57. The predicted octanol–water partition coefficient (Wildman–Crippen LogP) is 2.98. The van der Waals surface area contributed by atoms with Crippen molar-refractivity contribution in [2.75, 3.05) is 5.75 Å². The van der Waals surface area contributed by atoms with Crippen molar-refractivity contribution >= 4 is 10.9 Å². The molecule has 0 aromatic heterocycles. The average molecular weight is 185 g/mol. The smallest absolute Gasteiger partial charge is 0.0573 e. The summed E-state index contributed by atoms with van der Waals surface area (Å²) in [6, 6.07) is 0.